The van der Waals surface area contributed by atoms with E-state index in [4.69, 9.17) is 9.15 Å². The van der Waals surface area contributed by atoms with Crippen LogP contribution in [0.2, 0.25) is 0 Å². The van der Waals surface area contributed by atoms with E-state index in [9.17, 15) is 35.4 Å². The molecule has 1 fully saturated rings. The van der Waals surface area contributed by atoms with Gasteiger partial charge in [-0.2, -0.15) is 0 Å². The number of phenolic OH excluding ortho intramolecular Hbond substituents is 2. The zero-order chi connectivity index (χ0) is 21.6. The lowest BCUT2D eigenvalue weighted by Crippen LogP contribution is -2.55. The molecule has 1 saturated heterocycles. The van der Waals surface area contributed by atoms with Crippen LogP contribution in [-0.4, -0.2) is 61.7 Å². The highest BCUT2D eigenvalue weighted by Gasteiger charge is 2.45. The van der Waals surface area contributed by atoms with Crippen LogP contribution < -0.4 is 5.43 Å². The minimum atomic E-state index is -1.65. The molecule has 0 aliphatic carbocycles. The standard InChI is InChI=1S/C21H20O9/c22-7-14-17(26)18(27)19(28)21(30-14)15-13(24)6-5-11-16(25)12(8-29-20(11)15)9-1-3-10(23)4-2-9/h1-6,8,14,17-19,21-24,26-28H,7H2/t14-,17+,18+,19+,21-/m0/s1. The van der Waals surface area contributed by atoms with Gasteiger partial charge in [0, 0.05) is 0 Å². The van der Waals surface area contributed by atoms with Crippen molar-refractivity contribution >= 4 is 11.0 Å². The normalized spacial score (nSPS) is 26.7. The van der Waals surface area contributed by atoms with Crippen molar-refractivity contribution in [3.8, 4) is 22.6 Å². The van der Waals surface area contributed by atoms with Gasteiger partial charge >= 0.3 is 0 Å². The smallest absolute Gasteiger partial charge is 0.200 e. The van der Waals surface area contributed by atoms with E-state index in [0.29, 0.717) is 5.56 Å². The third-order valence-corrected chi connectivity index (χ3v) is 5.31. The summed E-state index contributed by atoms with van der Waals surface area (Å²) in [7, 11) is 0. The zero-order valence-electron chi connectivity index (χ0n) is 15.5. The fraction of sp³-hybridized carbons (Fsp3) is 0.286. The fourth-order valence-corrected chi connectivity index (χ4v) is 3.67. The van der Waals surface area contributed by atoms with Crippen LogP contribution in [-0.2, 0) is 4.74 Å². The molecule has 2 aromatic carbocycles. The second-order valence-electron chi connectivity index (χ2n) is 7.15. The largest absolute Gasteiger partial charge is 0.508 e. The van der Waals surface area contributed by atoms with Gasteiger partial charge in [-0.15, -0.1) is 0 Å². The van der Waals surface area contributed by atoms with E-state index < -0.39 is 42.6 Å². The second kappa shape index (κ2) is 7.71. The minimum absolute atomic E-state index is 0.0405. The summed E-state index contributed by atoms with van der Waals surface area (Å²) < 4.78 is 11.1. The van der Waals surface area contributed by atoms with Crippen LogP contribution in [0, 0.1) is 0 Å². The third-order valence-electron chi connectivity index (χ3n) is 5.31. The first-order valence-electron chi connectivity index (χ1n) is 9.20. The molecule has 6 N–H and O–H groups in total. The number of fused-ring (bicyclic) bond motifs is 1. The summed E-state index contributed by atoms with van der Waals surface area (Å²) in [6, 6.07) is 8.54. The van der Waals surface area contributed by atoms with Gasteiger partial charge in [0.1, 0.15) is 53.9 Å². The number of aromatic hydroxyl groups is 2. The molecule has 1 aromatic heterocycles. The van der Waals surface area contributed by atoms with E-state index in [1.807, 2.05) is 0 Å². The van der Waals surface area contributed by atoms with Crippen molar-refractivity contribution in [1.82, 2.24) is 0 Å². The first-order chi connectivity index (χ1) is 14.3. The Morgan fingerprint density at radius 2 is 1.60 bits per heavy atom. The van der Waals surface area contributed by atoms with E-state index >= 15 is 0 Å². The van der Waals surface area contributed by atoms with Crippen molar-refractivity contribution in [2.75, 3.05) is 6.61 Å². The summed E-state index contributed by atoms with van der Waals surface area (Å²) in [6.07, 6.45) is -6.24. The molecule has 158 valence electrons. The maximum absolute atomic E-state index is 13.0. The number of rotatable bonds is 3. The molecule has 30 heavy (non-hydrogen) atoms. The molecule has 4 rings (SSSR count). The zero-order valence-corrected chi connectivity index (χ0v) is 15.5. The van der Waals surface area contributed by atoms with Gasteiger partial charge in [-0.05, 0) is 29.8 Å². The van der Waals surface area contributed by atoms with Gasteiger partial charge in [-0.1, -0.05) is 12.1 Å². The second-order valence-corrected chi connectivity index (χ2v) is 7.15. The van der Waals surface area contributed by atoms with Gasteiger partial charge in [0.15, 0.2) is 0 Å². The van der Waals surface area contributed by atoms with Gasteiger partial charge in [-0.25, -0.2) is 0 Å². The summed E-state index contributed by atoms with van der Waals surface area (Å²) >= 11 is 0. The van der Waals surface area contributed by atoms with Crippen molar-refractivity contribution in [2.24, 2.45) is 0 Å². The third kappa shape index (κ3) is 3.22. The molecule has 0 bridgehead atoms. The Labute approximate surface area is 169 Å². The SMILES string of the molecule is O=c1c(-c2ccc(O)cc2)coc2c([C@@H]3O[C@@H](CO)[C@@H](O)[C@@H](O)[C@H]3O)c(O)ccc12. The maximum atomic E-state index is 13.0. The molecule has 2 heterocycles. The average molecular weight is 416 g/mol. The van der Waals surface area contributed by atoms with E-state index in [1.165, 1.54) is 30.5 Å². The number of benzene rings is 2. The van der Waals surface area contributed by atoms with Crippen LogP contribution in [0.15, 0.2) is 51.9 Å². The quantitative estimate of drug-likeness (QED) is 0.355. The number of aliphatic hydroxyl groups excluding tert-OH is 4. The molecule has 0 unspecified atom stereocenters. The fourth-order valence-electron chi connectivity index (χ4n) is 3.67. The Morgan fingerprint density at radius 1 is 0.900 bits per heavy atom. The molecule has 9 nitrogen and oxygen atoms in total. The van der Waals surface area contributed by atoms with Crippen molar-refractivity contribution in [3.63, 3.8) is 0 Å². The van der Waals surface area contributed by atoms with Gasteiger partial charge in [0.25, 0.3) is 0 Å². The summed E-state index contributed by atoms with van der Waals surface area (Å²) in [4.78, 5) is 13.0. The van der Waals surface area contributed by atoms with Gasteiger partial charge < -0.3 is 39.8 Å². The van der Waals surface area contributed by atoms with Crippen LogP contribution in [0.1, 0.15) is 11.7 Å². The molecule has 0 saturated carbocycles. The Kier molecular flexibility index (Phi) is 5.22. The summed E-state index contributed by atoms with van der Waals surface area (Å²) in [6.45, 7) is -0.637. The molecule has 0 radical (unpaired) electrons. The lowest BCUT2D eigenvalue weighted by Gasteiger charge is -2.40. The molecule has 0 spiro atoms. The van der Waals surface area contributed by atoms with E-state index in [-0.39, 0.29) is 33.6 Å². The molecule has 1 aliphatic heterocycles. The summed E-state index contributed by atoms with van der Waals surface area (Å²) in [5.74, 6) is -0.314. The Balaban J connectivity index is 1.87. The highest BCUT2D eigenvalue weighted by atomic mass is 16.5. The van der Waals surface area contributed by atoms with Crippen molar-refractivity contribution in [3.05, 3.63) is 58.4 Å². The molecule has 0 amide bonds. The van der Waals surface area contributed by atoms with E-state index in [1.54, 1.807) is 12.1 Å². The Morgan fingerprint density at radius 3 is 2.27 bits per heavy atom. The van der Waals surface area contributed by atoms with Crippen LogP contribution in [0.4, 0.5) is 0 Å². The van der Waals surface area contributed by atoms with Crippen LogP contribution >= 0.6 is 0 Å². The number of hydrogen-bond acceptors (Lipinski definition) is 9. The number of hydrogen-bond donors (Lipinski definition) is 6. The average Bonchev–Trinajstić information content (AvgIpc) is 2.74. The van der Waals surface area contributed by atoms with Gasteiger partial charge in [0.05, 0.1) is 23.1 Å². The van der Waals surface area contributed by atoms with Crippen molar-refractivity contribution < 1.29 is 39.8 Å². The molecular formula is C21H20O9. The number of aliphatic hydroxyl groups is 4. The molecular weight excluding hydrogens is 396 g/mol. The van der Waals surface area contributed by atoms with Crippen molar-refractivity contribution in [1.29, 1.82) is 0 Å². The molecule has 9 heteroatoms. The molecule has 1 aliphatic rings. The predicted molar refractivity (Wildman–Crippen MR) is 104 cm³/mol. The highest BCUT2D eigenvalue weighted by molar-refractivity contribution is 5.86. The minimum Gasteiger partial charge on any atom is -0.508 e. The first kappa shape index (κ1) is 20.3. The maximum Gasteiger partial charge on any atom is 0.200 e. The van der Waals surface area contributed by atoms with E-state index in [2.05, 4.69) is 0 Å². The van der Waals surface area contributed by atoms with Crippen LogP contribution in [0.5, 0.6) is 11.5 Å². The summed E-state index contributed by atoms with van der Waals surface area (Å²) in [5.41, 5.74) is 0.150. The monoisotopic (exact) mass is 416 g/mol. The summed E-state index contributed by atoms with van der Waals surface area (Å²) in [5, 5.41) is 59.8. The van der Waals surface area contributed by atoms with Crippen LogP contribution in [0.3, 0.4) is 0 Å². The topological polar surface area (TPSA) is 161 Å². The van der Waals surface area contributed by atoms with Crippen LogP contribution in [0.25, 0.3) is 22.1 Å². The molecule has 5 atom stereocenters. The first-order valence-corrected chi connectivity index (χ1v) is 9.20. The number of phenols is 2. The predicted octanol–water partition coefficient (Wildman–Crippen LogP) is 0.386. The number of ether oxygens (including phenoxy) is 1. The molecule has 3 aromatic rings. The lowest BCUT2D eigenvalue weighted by molar-refractivity contribution is -0.231. The van der Waals surface area contributed by atoms with E-state index in [0.717, 1.165) is 0 Å². The highest BCUT2D eigenvalue weighted by Crippen LogP contribution is 2.40. The van der Waals surface area contributed by atoms with Crippen molar-refractivity contribution in [2.45, 2.75) is 30.5 Å². The lowest BCUT2D eigenvalue weighted by atomic mass is 9.89. The Bertz CT molecular complexity index is 1120. The van der Waals surface area contributed by atoms with Gasteiger partial charge in [0.2, 0.25) is 5.43 Å². The van der Waals surface area contributed by atoms with Gasteiger partial charge in [-0.3, -0.25) is 4.79 Å². The Hall–Kier alpha value is -2.95.